The van der Waals surface area contributed by atoms with Gasteiger partial charge in [-0.3, -0.25) is 9.59 Å². The van der Waals surface area contributed by atoms with Crippen molar-refractivity contribution >= 4 is 11.8 Å². The second-order valence-corrected chi connectivity index (χ2v) is 4.75. The molecule has 1 heterocycles. The highest BCUT2D eigenvalue weighted by Gasteiger charge is 2.37. The second-order valence-electron chi connectivity index (χ2n) is 4.75. The van der Waals surface area contributed by atoms with Gasteiger partial charge < -0.3 is 15.1 Å². The maximum Gasteiger partial charge on any atom is 0.406 e. The normalized spacial score (nSPS) is 19.3. The van der Waals surface area contributed by atoms with E-state index in [1.54, 1.807) is 0 Å². The molecule has 0 unspecified atom stereocenters. The van der Waals surface area contributed by atoms with E-state index in [1.165, 1.54) is 19.0 Å². The Hall–Kier alpha value is -1.31. The standard InChI is InChI=1S/C11H18F3N3O2/c1-16(2)9(18)6-17(7-11(12,13)14)10(19)8-4-3-5-15-8/h8,15H,3-7H2,1-2H3/t8-/m1/s1. The average Bonchev–Trinajstić information content (AvgIpc) is 2.78. The summed E-state index contributed by atoms with van der Waals surface area (Å²) in [6, 6.07) is -0.614. The zero-order valence-corrected chi connectivity index (χ0v) is 11.0. The van der Waals surface area contributed by atoms with Crippen LogP contribution in [0, 0.1) is 0 Å². The molecule has 0 saturated carbocycles. The number of carbonyl (C=O) groups excluding carboxylic acids is 2. The largest absolute Gasteiger partial charge is 0.406 e. The summed E-state index contributed by atoms with van der Waals surface area (Å²) in [4.78, 5) is 25.2. The molecule has 0 aliphatic carbocycles. The van der Waals surface area contributed by atoms with E-state index in [0.29, 0.717) is 17.9 Å². The van der Waals surface area contributed by atoms with Crippen molar-refractivity contribution in [3.63, 3.8) is 0 Å². The molecule has 1 rings (SSSR count). The Morgan fingerprint density at radius 2 is 1.95 bits per heavy atom. The fourth-order valence-corrected chi connectivity index (χ4v) is 1.85. The maximum absolute atomic E-state index is 12.5. The Kier molecular flexibility index (Phi) is 5.16. The molecule has 5 nitrogen and oxygen atoms in total. The molecule has 8 heteroatoms. The molecule has 0 radical (unpaired) electrons. The molecular formula is C11H18F3N3O2. The number of alkyl halides is 3. The predicted octanol–water partition coefficient (Wildman–Crippen LogP) is 0.217. The van der Waals surface area contributed by atoms with Crippen LogP contribution in [0.3, 0.4) is 0 Å². The minimum absolute atomic E-state index is 0.503. The first-order valence-electron chi connectivity index (χ1n) is 6.00. The Bertz CT molecular complexity index is 339. The number of nitrogens with one attached hydrogen (secondary N) is 1. The predicted molar refractivity (Wildman–Crippen MR) is 62.4 cm³/mol. The molecule has 1 aliphatic heterocycles. The molecule has 0 spiro atoms. The van der Waals surface area contributed by atoms with Crippen LogP contribution in [-0.2, 0) is 9.59 Å². The van der Waals surface area contributed by atoms with Crippen LogP contribution in [0.15, 0.2) is 0 Å². The number of hydrogen-bond acceptors (Lipinski definition) is 3. The van der Waals surface area contributed by atoms with Crippen molar-refractivity contribution in [2.24, 2.45) is 0 Å². The number of likely N-dealkylation sites (N-methyl/N-ethyl adjacent to an activating group) is 1. The van der Waals surface area contributed by atoms with E-state index in [1.807, 2.05) is 0 Å². The third-order valence-corrected chi connectivity index (χ3v) is 2.87. The minimum Gasteiger partial charge on any atom is -0.347 e. The lowest BCUT2D eigenvalue weighted by molar-refractivity contribution is -0.165. The van der Waals surface area contributed by atoms with E-state index in [9.17, 15) is 22.8 Å². The van der Waals surface area contributed by atoms with Gasteiger partial charge in [0.05, 0.1) is 6.04 Å². The molecule has 0 bridgehead atoms. The summed E-state index contributed by atoms with van der Waals surface area (Å²) in [6.07, 6.45) is -3.26. The van der Waals surface area contributed by atoms with Crippen LogP contribution in [0.25, 0.3) is 0 Å². The van der Waals surface area contributed by atoms with Gasteiger partial charge in [0.15, 0.2) is 0 Å². The van der Waals surface area contributed by atoms with Crippen LogP contribution in [0.1, 0.15) is 12.8 Å². The fourth-order valence-electron chi connectivity index (χ4n) is 1.85. The van der Waals surface area contributed by atoms with Crippen LogP contribution >= 0.6 is 0 Å². The van der Waals surface area contributed by atoms with Crippen molar-refractivity contribution in [2.45, 2.75) is 25.1 Å². The molecule has 1 atom stereocenters. The van der Waals surface area contributed by atoms with Gasteiger partial charge in [0, 0.05) is 14.1 Å². The van der Waals surface area contributed by atoms with Gasteiger partial charge in [-0.1, -0.05) is 0 Å². The lowest BCUT2D eigenvalue weighted by Gasteiger charge is -2.27. The summed E-state index contributed by atoms with van der Waals surface area (Å²) in [7, 11) is 2.87. The molecule has 0 aromatic carbocycles. The summed E-state index contributed by atoms with van der Waals surface area (Å²) < 4.78 is 37.4. The van der Waals surface area contributed by atoms with Gasteiger partial charge >= 0.3 is 6.18 Å². The van der Waals surface area contributed by atoms with E-state index < -0.39 is 37.1 Å². The van der Waals surface area contributed by atoms with E-state index in [0.717, 1.165) is 6.42 Å². The third kappa shape index (κ3) is 5.06. The van der Waals surface area contributed by atoms with Gasteiger partial charge in [-0.15, -0.1) is 0 Å². The van der Waals surface area contributed by atoms with Crippen LogP contribution in [0.5, 0.6) is 0 Å². The highest BCUT2D eigenvalue weighted by atomic mass is 19.4. The molecular weight excluding hydrogens is 263 g/mol. The van der Waals surface area contributed by atoms with Crippen molar-refractivity contribution < 1.29 is 22.8 Å². The molecule has 0 aromatic heterocycles. The van der Waals surface area contributed by atoms with Crippen molar-refractivity contribution in [2.75, 3.05) is 33.7 Å². The Labute approximate surface area is 109 Å². The average molecular weight is 281 g/mol. The highest BCUT2D eigenvalue weighted by Crippen LogP contribution is 2.18. The number of nitrogens with zero attached hydrogens (tertiary/aromatic N) is 2. The van der Waals surface area contributed by atoms with Crippen molar-refractivity contribution in [1.29, 1.82) is 0 Å². The van der Waals surface area contributed by atoms with Gasteiger partial charge in [-0.2, -0.15) is 13.2 Å². The van der Waals surface area contributed by atoms with Crippen LogP contribution in [0.4, 0.5) is 13.2 Å². The Morgan fingerprint density at radius 1 is 1.32 bits per heavy atom. The summed E-state index contributed by atoms with van der Waals surface area (Å²) in [5, 5.41) is 2.84. The zero-order chi connectivity index (χ0) is 14.6. The van der Waals surface area contributed by atoms with Crippen molar-refractivity contribution in [3.05, 3.63) is 0 Å². The third-order valence-electron chi connectivity index (χ3n) is 2.87. The summed E-state index contributed by atoms with van der Waals surface area (Å²) >= 11 is 0. The fraction of sp³-hybridized carbons (Fsp3) is 0.818. The lowest BCUT2D eigenvalue weighted by atomic mass is 10.2. The maximum atomic E-state index is 12.5. The number of halogens is 3. The van der Waals surface area contributed by atoms with Gasteiger partial charge in [0.2, 0.25) is 11.8 Å². The van der Waals surface area contributed by atoms with Gasteiger partial charge in [0.25, 0.3) is 0 Å². The quantitative estimate of drug-likeness (QED) is 0.802. The molecule has 1 fully saturated rings. The number of rotatable bonds is 4. The number of hydrogen-bond donors (Lipinski definition) is 1. The summed E-state index contributed by atoms with van der Waals surface area (Å²) in [5.41, 5.74) is 0. The van der Waals surface area contributed by atoms with E-state index in [-0.39, 0.29) is 0 Å². The molecule has 1 saturated heterocycles. The lowest BCUT2D eigenvalue weighted by Crippen LogP contribution is -2.50. The number of amides is 2. The molecule has 110 valence electrons. The summed E-state index contributed by atoms with van der Waals surface area (Å²) in [5.74, 6) is -1.19. The Balaban J connectivity index is 2.73. The highest BCUT2D eigenvalue weighted by molar-refractivity contribution is 5.87. The molecule has 1 aliphatic rings. The minimum atomic E-state index is -4.51. The smallest absolute Gasteiger partial charge is 0.347 e. The van der Waals surface area contributed by atoms with E-state index in [2.05, 4.69) is 5.32 Å². The number of carbonyl (C=O) groups is 2. The topological polar surface area (TPSA) is 52.7 Å². The first-order valence-corrected chi connectivity index (χ1v) is 6.00. The molecule has 19 heavy (non-hydrogen) atoms. The SMILES string of the molecule is CN(C)C(=O)CN(CC(F)(F)F)C(=O)[C@H]1CCCN1. The van der Waals surface area contributed by atoms with Crippen molar-refractivity contribution in [3.8, 4) is 0 Å². The van der Waals surface area contributed by atoms with Crippen molar-refractivity contribution in [1.82, 2.24) is 15.1 Å². The first kappa shape index (κ1) is 15.7. The van der Waals surface area contributed by atoms with Crippen LogP contribution in [-0.4, -0.2) is 67.6 Å². The van der Waals surface area contributed by atoms with E-state index in [4.69, 9.17) is 0 Å². The van der Waals surface area contributed by atoms with E-state index >= 15 is 0 Å². The first-order chi connectivity index (χ1) is 8.70. The molecule has 2 amide bonds. The van der Waals surface area contributed by atoms with Crippen LogP contribution in [0.2, 0.25) is 0 Å². The van der Waals surface area contributed by atoms with Gasteiger partial charge in [-0.25, -0.2) is 0 Å². The molecule has 1 N–H and O–H groups in total. The van der Waals surface area contributed by atoms with Gasteiger partial charge in [0.1, 0.15) is 13.1 Å². The van der Waals surface area contributed by atoms with Crippen LogP contribution < -0.4 is 5.32 Å². The Morgan fingerprint density at radius 3 is 2.37 bits per heavy atom. The zero-order valence-electron chi connectivity index (χ0n) is 11.0. The second kappa shape index (κ2) is 6.23. The monoisotopic (exact) mass is 281 g/mol. The summed E-state index contributed by atoms with van der Waals surface area (Å²) in [6.45, 7) is -1.34. The van der Waals surface area contributed by atoms with Gasteiger partial charge in [-0.05, 0) is 19.4 Å². The molecule has 0 aromatic rings.